The van der Waals surface area contributed by atoms with Crippen LogP contribution in [0.3, 0.4) is 0 Å². The highest BCUT2D eigenvalue weighted by Crippen LogP contribution is 2.22. The van der Waals surface area contributed by atoms with Crippen molar-refractivity contribution < 1.29 is 19.1 Å². The van der Waals surface area contributed by atoms with Crippen LogP contribution in [0.2, 0.25) is 0 Å². The molecule has 0 bridgehead atoms. The van der Waals surface area contributed by atoms with Gasteiger partial charge in [-0.15, -0.1) is 11.3 Å². The minimum Gasteiger partial charge on any atom is -0.463 e. The maximum atomic E-state index is 11.7. The Hall–Kier alpha value is -1.95. The van der Waals surface area contributed by atoms with E-state index in [2.05, 4.69) is 4.98 Å². The molecular formula is C14H13NO4S. The number of esters is 2. The second kappa shape index (κ2) is 5.58. The number of carbonyl (C=O) groups is 2. The van der Waals surface area contributed by atoms with Crippen molar-refractivity contribution in [3.8, 4) is 0 Å². The molecule has 1 aliphatic heterocycles. The molecule has 6 heteroatoms. The van der Waals surface area contributed by atoms with E-state index in [0.717, 1.165) is 15.2 Å². The van der Waals surface area contributed by atoms with Crippen LogP contribution in [0.4, 0.5) is 0 Å². The van der Waals surface area contributed by atoms with E-state index in [4.69, 9.17) is 9.47 Å². The van der Waals surface area contributed by atoms with E-state index < -0.39 is 12.1 Å². The summed E-state index contributed by atoms with van der Waals surface area (Å²) in [6, 6.07) is 7.85. The molecule has 1 saturated heterocycles. The fourth-order valence-corrected chi connectivity index (χ4v) is 3.00. The number of cyclic esters (lactones) is 1. The summed E-state index contributed by atoms with van der Waals surface area (Å²) in [6.45, 7) is 0.328. The van der Waals surface area contributed by atoms with Gasteiger partial charge in [0.1, 0.15) is 0 Å². The first-order valence-corrected chi connectivity index (χ1v) is 7.24. The second-order valence-electron chi connectivity index (χ2n) is 4.51. The van der Waals surface area contributed by atoms with Crippen molar-refractivity contribution in [3.63, 3.8) is 0 Å². The van der Waals surface area contributed by atoms with Gasteiger partial charge in [0, 0.05) is 12.8 Å². The lowest BCUT2D eigenvalue weighted by Gasteiger charge is -2.07. The predicted molar refractivity (Wildman–Crippen MR) is 73.4 cm³/mol. The molecule has 0 unspecified atom stereocenters. The van der Waals surface area contributed by atoms with Gasteiger partial charge in [-0.1, -0.05) is 12.1 Å². The number of thiazole rings is 1. The zero-order valence-electron chi connectivity index (χ0n) is 10.7. The highest BCUT2D eigenvalue weighted by atomic mass is 32.1. The summed E-state index contributed by atoms with van der Waals surface area (Å²) in [5, 5.41) is 0.900. The third kappa shape index (κ3) is 2.80. The first-order valence-electron chi connectivity index (χ1n) is 6.43. The van der Waals surface area contributed by atoms with Crippen molar-refractivity contribution in [1.29, 1.82) is 0 Å². The van der Waals surface area contributed by atoms with E-state index in [9.17, 15) is 9.59 Å². The molecule has 1 aromatic carbocycles. The molecule has 5 nitrogen and oxygen atoms in total. The lowest BCUT2D eigenvalue weighted by atomic mass is 10.3. The Morgan fingerprint density at radius 2 is 2.30 bits per heavy atom. The smallest absolute Gasteiger partial charge is 0.347 e. The molecule has 20 heavy (non-hydrogen) atoms. The van der Waals surface area contributed by atoms with Crippen molar-refractivity contribution in [2.45, 2.75) is 25.4 Å². The van der Waals surface area contributed by atoms with Crippen LogP contribution in [0.1, 0.15) is 17.8 Å². The topological polar surface area (TPSA) is 65.5 Å². The third-order valence-electron chi connectivity index (χ3n) is 3.04. The van der Waals surface area contributed by atoms with Gasteiger partial charge in [0.25, 0.3) is 0 Å². The van der Waals surface area contributed by atoms with Crippen LogP contribution in [-0.2, 0) is 25.5 Å². The molecule has 0 spiro atoms. The molecule has 0 aliphatic carbocycles. The monoisotopic (exact) mass is 291 g/mol. The minimum atomic E-state index is -0.724. The highest BCUT2D eigenvalue weighted by molar-refractivity contribution is 7.18. The Kier molecular flexibility index (Phi) is 3.64. The average Bonchev–Trinajstić information content (AvgIpc) is 3.03. The van der Waals surface area contributed by atoms with E-state index >= 15 is 0 Å². The summed E-state index contributed by atoms with van der Waals surface area (Å²) in [6.07, 6.45) is 0.479. The van der Waals surface area contributed by atoms with Crippen LogP contribution >= 0.6 is 11.3 Å². The first kappa shape index (κ1) is 13.1. The molecular weight excluding hydrogens is 278 g/mol. The van der Waals surface area contributed by atoms with Crippen LogP contribution in [-0.4, -0.2) is 29.6 Å². The van der Waals surface area contributed by atoms with Gasteiger partial charge in [0.05, 0.1) is 28.3 Å². The second-order valence-corrected chi connectivity index (χ2v) is 5.63. The number of nitrogens with zero attached hydrogens (tertiary/aromatic N) is 1. The van der Waals surface area contributed by atoms with Crippen molar-refractivity contribution in [2.24, 2.45) is 0 Å². The van der Waals surface area contributed by atoms with Crippen molar-refractivity contribution in [2.75, 3.05) is 6.61 Å². The summed E-state index contributed by atoms with van der Waals surface area (Å²) in [5.41, 5.74) is 0.945. The number of hydrogen-bond acceptors (Lipinski definition) is 6. The molecule has 1 aliphatic rings. The number of carbonyl (C=O) groups excluding carboxylic acids is 2. The number of fused-ring (bicyclic) bond motifs is 1. The zero-order valence-corrected chi connectivity index (χ0v) is 11.5. The average molecular weight is 291 g/mol. The van der Waals surface area contributed by atoms with Crippen LogP contribution in [0, 0.1) is 0 Å². The van der Waals surface area contributed by atoms with Crippen molar-refractivity contribution in [1.82, 2.24) is 4.98 Å². The zero-order chi connectivity index (χ0) is 13.9. The van der Waals surface area contributed by atoms with Crippen LogP contribution in [0.5, 0.6) is 0 Å². The molecule has 0 N–H and O–H groups in total. The van der Waals surface area contributed by atoms with E-state index in [1.165, 1.54) is 0 Å². The molecule has 0 radical (unpaired) electrons. The van der Waals surface area contributed by atoms with E-state index in [-0.39, 0.29) is 12.4 Å². The van der Waals surface area contributed by atoms with Crippen molar-refractivity contribution in [3.05, 3.63) is 29.3 Å². The maximum Gasteiger partial charge on any atom is 0.347 e. The van der Waals surface area contributed by atoms with Gasteiger partial charge >= 0.3 is 11.9 Å². The van der Waals surface area contributed by atoms with Crippen LogP contribution in [0.15, 0.2) is 24.3 Å². The number of hydrogen-bond donors (Lipinski definition) is 0. The predicted octanol–water partition coefficient (Wildman–Crippen LogP) is 2.09. The van der Waals surface area contributed by atoms with Crippen molar-refractivity contribution >= 4 is 33.5 Å². The van der Waals surface area contributed by atoms with Gasteiger partial charge in [-0.2, -0.15) is 0 Å². The summed E-state index contributed by atoms with van der Waals surface area (Å²) in [7, 11) is 0. The molecule has 0 amide bonds. The lowest BCUT2D eigenvalue weighted by Crippen LogP contribution is -2.22. The Morgan fingerprint density at radius 1 is 1.45 bits per heavy atom. The molecule has 1 atom stereocenters. The molecule has 2 heterocycles. The summed E-state index contributed by atoms with van der Waals surface area (Å²) in [4.78, 5) is 27.3. The van der Waals surface area contributed by atoms with Gasteiger partial charge in [-0.3, -0.25) is 4.79 Å². The summed E-state index contributed by atoms with van der Waals surface area (Å²) >= 11 is 1.57. The van der Waals surface area contributed by atoms with E-state index in [0.29, 0.717) is 19.4 Å². The summed E-state index contributed by atoms with van der Waals surface area (Å²) in [5.74, 6) is -0.827. The minimum absolute atomic E-state index is 0.226. The number of ether oxygens (including phenoxy) is 2. The molecule has 0 saturated carbocycles. The highest BCUT2D eigenvalue weighted by Gasteiger charge is 2.29. The number of aromatic nitrogens is 1. The Balaban J connectivity index is 1.56. The van der Waals surface area contributed by atoms with Gasteiger partial charge in [-0.25, -0.2) is 9.78 Å². The van der Waals surface area contributed by atoms with E-state index in [1.54, 1.807) is 11.3 Å². The van der Waals surface area contributed by atoms with E-state index in [1.807, 2.05) is 24.3 Å². The molecule has 1 fully saturated rings. The Morgan fingerprint density at radius 3 is 3.05 bits per heavy atom. The normalized spacial score (nSPS) is 18.2. The van der Waals surface area contributed by atoms with Gasteiger partial charge < -0.3 is 9.47 Å². The lowest BCUT2D eigenvalue weighted by molar-refractivity contribution is -0.160. The number of rotatable bonds is 4. The number of para-hydroxylation sites is 1. The number of aryl methyl sites for hydroxylation is 1. The SMILES string of the molecule is O=C(CCc1nc2ccccc2s1)O[C@H]1CCOC1=O. The largest absolute Gasteiger partial charge is 0.463 e. The standard InChI is InChI=1S/C14H13NO4S/c16-13(19-10-7-8-18-14(10)17)6-5-12-15-9-3-1-2-4-11(9)20-12/h1-4,10H,5-8H2/t10-/m0/s1. The Bertz CT molecular complexity index is 618. The first-order chi connectivity index (χ1) is 9.72. The molecule has 104 valence electrons. The fraction of sp³-hybridized carbons (Fsp3) is 0.357. The Labute approximate surface area is 119 Å². The van der Waals surface area contributed by atoms with Gasteiger partial charge in [-0.05, 0) is 12.1 Å². The molecule has 1 aromatic heterocycles. The van der Waals surface area contributed by atoms with Crippen LogP contribution in [0.25, 0.3) is 10.2 Å². The maximum absolute atomic E-state index is 11.7. The van der Waals surface area contributed by atoms with Crippen LogP contribution < -0.4 is 0 Å². The molecule has 3 rings (SSSR count). The third-order valence-corrected chi connectivity index (χ3v) is 4.14. The molecule has 2 aromatic rings. The fourth-order valence-electron chi connectivity index (χ4n) is 2.04. The van der Waals surface area contributed by atoms with Gasteiger partial charge in [0.2, 0.25) is 6.10 Å². The summed E-state index contributed by atoms with van der Waals surface area (Å²) < 4.78 is 10.9. The quantitative estimate of drug-likeness (QED) is 0.807. The van der Waals surface area contributed by atoms with Gasteiger partial charge in [0.15, 0.2) is 0 Å². The number of benzene rings is 1.